The molecule has 4 rings (SSSR count). The Labute approximate surface area is 180 Å². The van der Waals surface area contributed by atoms with Crippen LogP contribution >= 0.6 is 11.8 Å². The van der Waals surface area contributed by atoms with Gasteiger partial charge in [0.2, 0.25) is 5.91 Å². The number of amides is 1. The van der Waals surface area contributed by atoms with Gasteiger partial charge < -0.3 is 19.1 Å². The van der Waals surface area contributed by atoms with Gasteiger partial charge in [-0.3, -0.25) is 4.79 Å². The van der Waals surface area contributed by atoms with Crippen LogP contribution in [0.4, 0.5) is 4.39 Å². The standard InChI is InChI=1S/C23H26FNO4S/c1-27-20-7-6-16(12-21(20)29-18-8-10-28-15-18)17-13-23(26)25(14-17)9-11-30-22-5-3-2-4-19(22)24/h2-7,12,17-18H,8-11,13-15H2,1H3/t17-,18-/m1/s1. The number of thioether (sulfide) groups is 1. The number of rotatable bonds is 8. The summed E-state index contributed by atoms with van der Waals surface area (Å²) < 4.78 is 30.7. The monoisotopic (exact) mass is 431 g/mol. The second kappa shape index (κ2) is 9.71. The summed E-state index contributed by atoms with van der Waals surface area (Å²) in [6, 6.07) is 12.6. The molecular formula is C23H26FNO4S. The SMILES string of the molecule is COc1ccc([C@@H]2CC(=O)N(CCSc3ccccc3F)C2)cc1O[C@@H]1CCOC1. The van der Waals surface area contributed by atoms with Crippen LogP contribution in [0.2, 0.25) is 0 Å². The Bertz CT molecular complexity index is 887. The maximum Gasteiger partial charge on any atom is 0.223 e. The van der Waals surface area contributed by atoms with Gasteiger partial charge in [-0.25, -0.2) is 4.39 Å². The summed E-state index contributed by atoms with van der Waals surface area (Å²) in [7, 11) is 1.63. The third kappa shape index (κ3) is 4.90. The first-order valence-electron chi connectivity index (χ1n) is 10.2. The van der Waals surface area contributed by atoms with Crippen LogP contribution < -0.4 is 9.47 Å². The van der Waals surface area contributed by atoms with Gasteiger partial charge >= 0.3 is 0 Å². The number of carbonyl (C=O) groups excluding carboxylic acids is 1. The number of ether oxygens (including phenoxy) is 3. The van der Waals surface area contributed by atoms with Gasteiger partial charge in [0.15, 0.2) is 11.5 Å². The number of benzene rings is 2. The normalized spacial score (nSPS) is 21.3. The van der Waals surface area contributed by atoms with Crippen molar-refractivity contribution in [3.63, 3.8) is 0 Å². The van der Waals surface area contributed by atoms with Crippen molar-refractivity contribution in [2.75, 3.05) is 39.2 Å². The van der Waals surface area contributed by atoms with E-state index in [-0.39, 0.29) is 23.7 Å². The lowest BCUT2D eigenvalue weighted by Gasteiger charge is -2.19. The fourth-order valence-corrected chi connectivity index (χ4v) is 4.78. The summed E-state index contributed by atoms with van der Waals surface area (Å²) >= 11 is 1.44. The second-order valence-corrected chi connectivity index (χ2v) is 8.67. The molecule has 2 aliphatic rings. The molecule has 2 saturated heterocycles. The minimum Gasteiger partial charge on any atom is -0.493 e. The van der Waals surface area contributed by atoms with Gasteiger partial charge in [-0.05, 0) is 29.8 Å². The molecule has 5 nitrogen and oxygen atoms in total. The lowest BCUT2D eigenvalue weighted by Crippen LogP contribution is -2.27. The third-order valence-corrected chi connectivity index (χ3v) is 6.54. The van der Waals surface area contributed by atoms with Crippen molar-refractivity contribution in [3.8, 4) is 11.5 Å². The van der Waals surface area contributed by atoms with Crippen LogP contribution in [0.3, 0.4) is 0 Å². The molecule has 2 aromatic carbocycles. The molecule has 2 atom stereocenters. The summed E-state index contributed by atoms with van der Waals surface area (Å²) in [5, 5.41) is 0. The van der Waals surface area contributed by atoms with E-state index >= 15 is 0 Å². The van der Waals surface area contributed by atoms with Crippen molar-refractivity contribution < 1.29 is 23.4 Å². The molecule has 0 unspecified atom stereocenters. The predicted octanol–water partition coefficient (Wildman–Crippen LogP) is 4.11. The molecule has 7 heteroatoms. The molecule has 30 heavy (non-hydrogen) atoms. The first-order chi connectivity index (χ1) is 14.6. The van der Waals surface area contributed by atoms with Crippen LogP contribution in [-0.4, -0.2) is 56.1 Å². The smallest absolute Gasteiger partial charge is 0.223 e. The Hall–Kier alpha value is -2.25. The van der Waals surface area contributed by atoms with Crippen molar-refractivity contribution in [1.29, 1.82) is 0 Å². The van der Waals surface area contributed by atoms with Crippen molar-refractivity contribution in [1.82, 2.24) is 4.90 Å². The van der Waals surface area contributed by atoms with Gasteiger partial charge in [-0.1, -0.05) is 18.2 Å². The highest BCUT2D eigenvalue weighted by atomic mass is 32.2. The van der Waals surface area contributed by atoms with E-state index in [1.165, 1.54) is 17.8 Å². The van der Waals surface area contributed by atoms with Gasteiger partial charge in [0.05, 0.1) is 20.3 Å². The van der Waals surface area contributed by atoms with Gasteiger partial charge in [-0.15, -0.1) is 11.8 Å². The second-order valence-electron chi connectivity index (χ2n) is 7.53. The van der Waals surface area contributed by atoms with Gasteiger partial charge in [0.25, 0.3) is 0 Å². The quantitative estimate of drug-likeness (QED) is 0.589. The lowest BCUT2D eigenvalue weighted by atomic mass is 9.98. The molecule has 0 radical (unpaired) electrons. The summed E-state index contributed by atoms with van der Waals surface area (Å²) in [5.41, 5.74) is 1.07. The fraction of sp³-hybridized carbons (Fsp3) is 0.435. The number of hydrogen-bond acceptors (Lipinski definition) is 5. The zero-order chi connectivity index (χ0) is 20.9. The first kappa shape index (κ1) is 21.0. The van der Waals surface area contributed by atoms with Gasteiger partial charge in [-0.2, -0.15) is 0 Å². The maximum absolute atomic E-state index is 13.8. The van der Waals surface area contributed by atoms with Crippen LogP contribution in [0.25, 0.3) is 0 Å². The van der Waals surface area contributed by atoms with E-state index in [9.17, 15) is 9.18 Å². The molecule has 0 aromatic heterocycles. The van der Waals surface area contributed by atoms with Crippen molar-refractivity contribution in [3.05, 3.63) is 53.8 Å². The summed E-state index contributed by atoms with van der Waals surface area (Å²) in [5.74, 6) is 2.09. The van der Waals surface area contributed by atoms with Crippen LogP contribution in [0.5, 0.6) is 11.5 Å². The Morgan fingerprint density at radius 2 is 2.10 bits per heavy atom. The molecule has 160 valence electrons. The number of halogens is 1. The molecule has 2 heterocycles. The van der Waals surface area contributed by atoms with Gasteiger partial charge in [0.1, 0.15) is 11.9 Å². The minimum absolute atomic E-state index is 0.0336. The highest BCUT2D eigenvalue weighted by Gasteiger charge is 2.31. The van der Waals surface area contributed by atoms with E-state index in [2.05, 4.69) is 0 Å². The van der Waals surface area contributed by atoms with Crippen molar-refractivity contribution in [2.24, 2.45) is 0 Å². The molecule has 1 amide bonds. The Balaban J connectivity index is 1.37. The Morgan fingerprint density at radius 1 is 1.23 bits per heavy atom. The lowest BCUT2D eigenvalue weighted by molar-refractivity contribution is -0.127. The third-order valence-electron chi connectivity index (χ3n) is 5.51. The molecule has 2 aliphatic heterocycles. The largest absolute Gasteiger partial charge is 0.493 e. The molecule has 0 aliphatic carbocycles. The summed E-state index contributed by atoms with van der Waals surface area (Å²) in [6.07, 6.45) is 1.37. The topological polar surface area (TPSA) is 48.0 Å². The van der Waals surface area contributed by atoms with Crippen LogP contribution in [-0.2, 0) is 9.53 Å². The molecule has 0 spiro atoms. The molecule has 0 bridgehead atoms. The van der Waals surface area contributed by atoms with Crippen LogP contribution in [0.15, 0.2) is 47.4 Å². The molecule has 0 N–H and O–H groups in total. The highest BCUT2D eigenvalue weighted by molar-refractivity contribution is 7.99. The zero-order valence-corrected chi connectivity index (χ0v) is 17.8. The molecule has 0 saturated carbocycles. The van der Waals surface area contributed by atoms with Crippen molar-refractivity contribution >= 4 is 17.7 Å². The van der Waals surface area contributed by atoms with E-state index in [4.69, 9.17) is 14.2 Å². The van der Waals surface area contributed by atoms with E-state index in [0.717, 1.165) is 12.0 Å². The summed E-state index contributed by atoms with van der Waals surface area (Å²) in [4.78, 5) is 15.0. The predicted molar refractivity (Wildman–Crippen MR) is 114 cm³/mol. The Morgan fingerprint density at radius 3 is 2.87 bits per heavy atom. The highest BCUT2D eigenvalue weighted by Crippen LogP contribution is 2.36. The first-order valence-corrected chi connectivity index (χ1v) is 11.2. The number of likely N-dealkylation sites (tertiary alicyclic amines) is 1. The Kier molecular flexibility index (Phi) is 6.79. The number of carbonyl (C=O) groups is 1. The zero-order valence-electron chi connectivity index (χ0n) is 17.0. The van der Waals surface area contributed by atoms with Crippen molar-refractivity contribution in [2.45, 2.75) is 29.8 Å². The van der Waals surface area contributed by atoms with Gasteiger partial charge in [0, 0.05) is 42.5 Å². The van der Waals surface area contributed by atoms with E-state index < -0.39 is 0 Å². The van der Waals surface area contributed by atoms with Crippen LogP contribution in [0, 0.1) is 5.82 Å². The van der Waals surface area contributed by atoms with E-state index in [1.54, 1.807) is 19.2 Å². The van der Waals surface area contributed by atoms with E-state index in [1.807, 2.05) is 29.2 Å². The number of methoxy groups -OCH3 is 1. The average molecular weight is 432 g/mol. The fourth-order valence-electron chi connectivity index (χ4n) is 3.86. The minimum atomic E-state index is -0.216. The average Bonchev–Trinajstić information content (AvgIpc) is 3.39. The molecular weight excluding hydrogens is 405 g/mol. The maximum atomic E-state index is 13.8. The molecule has 2 fully saturated rings. The molecule has 2 aromatic rings. The van der Waals surface area contributed by atoms with E-state index in [0.29, 0.717) is 54.9 Å². The van der Waals surface area contributed by atoms with Crippen LogP contribution in [0.1, 0.15) is 24.3 Å². The number of hydrogen-bond donors (Lipinski definition) is 0. The number of nitrogens with zero attached hydrogens (tertiary/aromatic N) is 1. The summed E-state index contributed by atoms with van der Waals surface area (Å²) in [6.45, 7) is 2.56.